The van der Waals surface area contributed by atoms with Crippen LogP contribution in [0.4, 0.5) is 5.82 Å². The predicted octanol–water partition coefficient (Wildman–Crippen LogP) is 2.59. The molecule has 0 saturated carbocycles. The van der Waals surface area contributed by atoms with Crippen LogP contribution >= 0.6 is 0 Å². The van der Waals surface area contributed by atoms with E-state index in [0.29, 0.717) is 5.82 Å². The Kier molecular flexibility index (Phi) is 2.44. The molecule has 0 radical (unpaired) electrons. The Bertz CT molecular complexity index is 600. The SMILES string of the molecule is CS(C)(=O)=Nc1nccc2ccccc12. The fraction of sp³-hybridized carbons (Fsp3) is 0.182. The van der Waals surface area contributed by atoms with Gasteiger partial charge in [-0.25, -0.2) is 9.19 Å². The van der Waals surface area contributed by atoms with E-state index in [1.54, 1.807) is 18.7 Å². The maximum atomic E-state index is 11.6. The first-order valence-electron chi connectivity index (χ1n) is 4.57. The third-order valence-electron chi connectivity index (χ3n) is 1.96. The van der Waals surface area contributed by atoms with Gasteiger partial charge in [-0.1, -0.05) is 24.3 Å². The minimum absolute atomic E-state index is 0.558. The van der Waals surface area contributed by atoms with Gasteiger partial charge in [-0.15, -0.1) is 0 Å². The van der Waals surface area contributed by atoms with Gasteiger partial charge in [-0.05, 0) is 11.5 Å². The molecule has 0 spiro atoms. The Morgan fingerprint density at radius 2 is 1.93 bits per heavy atom. The molecule has 0 atom stereocenters. The molecule has 0 aliphatic carbocycles. The Hall–Kier alpha value is -1.42. The van der Waals surface area contributed by atoms with Crippen LogP contribution in [0.2, 0.25) is 0 Å². The molecule has 4 heteroatoms. The minimum Gasteiger partial charge on any atom is -0.250 e. The lowest BCUT2D eigenvalue weighted by Crippen LogP contribution is -1.90. The maximum Gasteiger partial charge on any atom is 0.169 e. The van der Waals surface area contributed by atoms with E-state index in [2.05, 4.69) is 9.35 Å². The molecule has 0 bridgehead atoms. The van der Waals surface area contributed by atoms with Gasteiger partial charge in [0.1, 0.15) is 0 Å². The van der Waals surface area contributed by atoms with Crippen molar-refractivity contribution in [2.75, 3.05) is 12.5 Å². The van der Waals surface area contributed by atoms with E-state index in [0.717, 1.165) is 10.8 Å². The highest BCUT2D eigenvalue weighted by molar-refractivity contribution is 7.92. The molecule has 0 fully saturated rings. The molecule has 15 heavy (non-hydrogen) atoms. The lowest BCUT2D eigenvalue weighted by atomic mass is 10.2. The summed E-state index contributed by atoms with van der Waals surface area (Å²) >= 11 is 0. The first kappa shape index (κ1) is 10.1. The van der Waals surface area contributed by atoms with Gasteiger partial charge in [0.15, 0.2) is 5.82 Å². The number of benzene rings is 1. The van der Waals surface area contributed by atoms with E-state index >= 15 is 0 Å². The fourth-order valence-electron chi connectivity index (χ4n) is 1.38. The van der Waals surface area contributed by atoms with Gasteiger partial charge in [0.25, 0.3) is 0 Å². The second-order valence-electron chi connectivity index (χ2n) is 3.63. The van der Waals surface area contributed by atoms with Crippen molar-refractivity contribution < 1.29 is 4.21 Å². The number of hydrogen-bond acceptors (Lipinski definition) is 3. The van der Waals surface area contributed by atoms with Gasteiger partial charge in [-0.3, -0.25) is 0 Å². The molecule has 1 heterocycles. The van der Waals surface area contributed by atoms with Crippen LogP contribution in [0.1, 0.15) is 0 Å². The molecule has 1 aromatic carbocycles. The van der Waals surface area contributed by atoms with Crippen molar-refractivity contribution in [3.8, 4) is 0 Å². The van der Waals surface area contributed by atoms with Gasteiger partial charge >= 0.3 is 0 Å². The summed E-state index contributed by atoms with van der Waals surface area (Å²) in [5, 5.41) is 2.01. The Morgan fingerprint density at radius 3 is 2.67 bits per heavy atom. The van der Waals surface area contributed by atoms with Crippen LogP contribution < -0.4 is 0 Å². The number of hydrogen-bond donors (Lipinski definition) is 0. The van der Waals surface area contributed by atoms with Crippen molar-refractivity contribution >= 4 is 26.3 Å². The van der Waals surface area contributed by atoms with Gasteiger partial charge in [0.2, 0.25) is 0 Å². The van der Waals surface area contributed by atoms with Crippen molar-refractivity contribution in [1.29, 1.82) is 0 Å². The smallest absolute Gasteiger partial charge is 0.169 e. The average molecular weight is 220 g/mol. The van der Waals surface area contributed by atoms with Crippen LogP contribution in [0.5, 0.6) is 0 Å². The zero-order chi connectivity index (χ0) is 10.9. The van der Waals surface area contributed by atoms with Crippen molar-refractivity contribution in [2.24, 2.45) is 4.36 Å². The van der Waals surface area contributed by atoms with Crippen molar-refractivity contribution in [2.45, 2.75) is 0 Å². The highest BCUT2D eigenvalue weighted by Crippen LogP contribution is 2.23. The molecule has 2 aromatic rings. The summed E-state index contributed by atoms with van der Waals surface area (Å²) < 4.78 is 15.7. The summed E-state index contributed by atoms with van der Waals surface area (Å²) in [5.41, 5.74) is 0. The molecule has 1 aromatic heterocycles. The molecule has 0 saturated heterocycles. The van der Waals surface area contributed by atoms with Crippen molar-refractivity contribution in [3.05, 3.63) is 36.5 Å². The van der Waals surface area contributed by atoms with Crippen LogP contribution in [-0.4, -0.2) is 21.7 Å². The number of rotatable bonds is 1. The lowest BCUT2D eigenvalue weighted by Gasteiger charge is -2.01. The summed E-state index contributed by atoms with van der Waals surface area (Å²) in [6, 6.07) is 9.73. The quantitative estimate of drug-likeness (QED) is 0.741. The van der Waals surface area contributed by atoms with Gasteiger partial charge in [0, 0.05) is 33.8 Å². The van der Waals surface area contributed by atoms with Crippen LogP contribution in [0.3, 0.4) is 0 Å². The van der Waals surface area contributed by atoms with Gasteiger partial charge < -0.3 is 0 Å². The minimum atomic E-state index is -2.16. The molecular formula is C11H12N2OS. The molecular weight excluding hydrogens is 208 g/mol. The van der Waals surface area contributed by atoms with Crippen LogP contribution in [0.25, 0.3) is 10.8 Å². The van der Waals surface area contributed by atoms with E-state index < -0.39 is 9.73 Å². The van der Waals surface area contributed by atoms with E-state index in [4.69, 9.17) is 0 Å². The fourth-order valence-corrected chi connectivity index (χ4v) is 1.95. The molecule has 0 amide bonds. The first-order valence-corrected chi connectivity index (χ1v) is 6.90. The molecule has 2 rings (SSSR count). The third-order valence-corrected chi connectivity index (χ3v) is 2.57. The molecule has 0 aliphatic heterocycles. The molecule has 0 N–H and O–H groups in total. The Balaban J connectivity index is 2.78. The average Bonchev–Trinajstić information content (AvgIpc) is 2.16. The summed E-state index contributed by atoms with van der Waals surface area (Å²) in [6.07, 6.45) is 4.90. The van der Waals surface area contributed by atoms with Crippen LogP contribution in [0, 0.1) is 0 Å². The first-order chi connectivity index (χ1) is 7.06. The monoisotopic (exact) mass is 220 g/mol. The van der Waals surface area contributed by atoms with Gasteiger partial charge in [-0.2, -0.15) is 4.36 Å². The molecule has 0 aliphatic rings. The van der Waals surface area contributed by atoms with E-state index in [9.17, 15) is 4.21 Å². The summed E-state index contributed by atoms with van der Waals surface area (Å²) in [4.78, 5) is 4.15. The topological polar surface area (TPSA) is 42.3 Å². The van der Waals surface area contributed by atoms with E-state index in [1.165, 1.54) is 0 Å². The lowest BCUT2D eigenvalue weighted by molar-refractivity contribution is 0.684. The van der Waals surface area contributed by atoms with Gasteiger partial charge in [0.05, 0.1) is 0 Å². The molecule has 3 nitrogen and oxygen atoms in total. The highest BCUT2D eigenvalue weighted by Gasteiger charge is 2.01. The predicted molar refractivity (Wildman–Crippen MR) is 63.8 cm³/mol. The van der Waals surface area contributed by atoms with Crippen LogP contribution in [-0.2, 0) is 9.73 Å². The van der Waals surface area contributed by atoms with Crippen LogP contribution in [0.15, 0.2) is 40.9 Å². The largest absolute Gasteiger partial charge is 0.250 e. The number of fused-ring (bicyclic) bond motifs is 1. The zero-order valence-corrected chi connectivity index (χ0v) is 9.49. The second-order valence-corrected chi connectivity index (χ2v) is 6.17. The zero-order valence-electron chi connectivity index (χ0n) is 8.68. The number of pyridine rings is 1. The highest BCUT2D eigenvalue weighted by atomic mass is 32.2. The summed E-state index contributed by atoms with van der Waals surface area (Å²) in [5.74, 6) is 0.558. The Morgan fingerprint density at radius 1 is 1.20 bits per heavy atom. The summed E-state index contributed by atoms with van der Waals surface area (Å²) in [7, 11) is -2.16. The maximum absolute atomic E-state index is 11.6. The number of aromatic nitrogens is 1. The third kappa shape index (κ3) is 2.33. The second kappa shape index (κ2) is 3.62. The van der Waals surface area contributed by atoms with Crippen molar-refractivity contribution in [1.82, 2.24) is 4.98 Å². The standard InChI is InChI=1S/C11H12N2OS/c1-15(2,14)13-11-10-6-4-3-5-9(10)7-8-12-11/h3-8H,1-2H3. The normalized spacial score (nSPS) is 11.6. The van der Waals surface area contributed by atoms with Crippen molar-refractivity contribution in [3.63, 3.8) is 0 Å². The Labute approximate surface area is 89.3 Å². The number of nitrogens with zero attached hydrogens (tertiary/aromatic N) is 2. The summed E-state index contributed by atoms with van der Waals surface area (Å²) in [6.45, 7) is 0. The van der Waals surface area contributed by atoms with E-state index in [-0.39, 0.29) is 0 Å². The molecule has 0 unspecified atom stereocenters. The molecule has 78 valence electrons. The van der Waals surface area contributed by atoms with E-state index in [1.807, 2.05) is 30.3 Å².